The number of pyridine rings is 1. The van der Waals surface area contributed by atoms with Crippen LogP contribution in [0.15, 0.2) is 23.3 Å². The second-order valence-corrected chi connectivity index (χ2v) is 9.50. The van der Waals surface area contributed by atoms with Gasteiger partial charge in [0.05, 0.1) is 17.1 Å². The van der Waals surface area contributed by atoms with Crippen LogP contribution in [0.2, 0.25) is 0 Å². The third-order valence-corrected chi connectivity index (χ3v) is 6.79. The van der Waals surface area contributed by atoms with Gasteiger partial charge in [-0.25, -0.2) is 13.4 Å². The number of guanidine groups is 1. The van der Waals surface area contributed by atoms with E-state index in [-0.39, 0.29) is 29.7 Å². The quantitative estimate of drug-likeness (QED) is 0.382. The Bertz CT molecular complexity index is 705. The number of halogens is 1. The van der Waals surface area contributed by atoms with Gasteiger partial charge in [-0.2, -0.15) is 0 Å². The zero-order chi connectivity index (χ0) is 18.5. The van der Waals surface area contributed by atoms with Crippen molar-refractivity contribution in [1.82, 2.24) is 15.2 Å². The van der Waals surface area contributed by atoms with E-state index in [1.54, 1.807) is 27.1 Å². The van der Waals surface area contributed by atoms with Crippen molar-refractivity contribution in [1.29, 1.82) is 0 Å². The Morgan fingerprint density at radius 3 is 2.69 bits per heavy atom. The first-order valence-electron chi connectivity index (χ1n) is 8.54. The first kappa shape index (κ1) is 22.9. The molecule has 148 valence electrons. The van der Waals surface area contributed by atoms with Gasteiger partial charge in [0.15, 0.2) is 15.8 Å². The van der Waals surface area contributed by atoms with E-state index >= 15 is 0 Å². The number of hydrogen-bond donors (Lipinski definition) is 1. The third-order valence-electron chi connectivity index (χ3n) is 4.26. The molecule has 1 aliphatic heterocycles. The number of nitrogens with zero attached hydrogens (tertiary/aromatic N) is 3. The smallest absolute Gasteiger partial charge is 0.213 e. The van der Waals surface area contributed by atoms with Crippen LogP contribution in [0.3, 0.4) is 0 Å². The van der Waals surface area contributed by atoms with Gasteiger partial charge in [0, 0.05) is 38.9 Å². The molecule has 7 nitrogen and oxygen atoms in total. The van der Waals surface area contributed by atoms with Gasteiger partial charge in [-0.3, -0.25) is 4.99 Å². The van der Waals surface area contributed by atoms with Gasteiger partial charge in [-0.15, -0.1) is 24.0 Å². The summed E-state index contributed by atoms with van der Waals surface area (Å²) in [5.74, 6) is 1.47. The molecule has 26 heavy (non-hydrogen) atoms. The van der Waals surface area contributed by atoms with Crippen molar-refractivity contribution in [3.63, 3.8) is 0 Å². The summed E-state index contributed by atoms with van der Waals surface area (Å²) >= 11 is 0. The second-order valence-electron chi connectivity index (χ2n) is 6.75. The number of aromatic nitrogens is 1. The molecule has 1 aromatic heterocycles. The Morgan fingerprint density at radius 2 is 2.15 bits per heavy atom. The summed E-state index contributed by atoms with van der Waals surface area (Å²) in [5.41, 5.74) is 1.01. The van der Waals surface area contributed by atoms with Crippen molar-refractivity contribution >= 4 is 39.8 Å². The van der Waals surface area contributed by atoms with Crippen molar-refractivity contribution in [3.05, 3.63) is 23.9 Å². The van der Waals surface area contributed by atoms with Gasteiger partial charge in [0.2, 0.25) is 5.88 Å². The highest BCUT2D eigenvalue weighted by Gasteiger charge is 2.40. The number of nitrogens with one attached hydrogen (secondary N) is 1. The predicted octanol–water partition coefficient (Wildman–Crippen LogP) is 2.07. The van der Waals surface area contributed by atoms with Crippen molar-refractivity contribution in [2.45, 2.75) is 38.5 Å². The summed E-state index contributed by atoms with van der Waals surface area (Å²) in [7, 11) is -1.36. The van der Waals surface area contributed by atoms with Gasteiger partial charge in [-0.05, 0) is 25.8 Å². The fourth-order valence-corrected chi connectivity index (χ4v) is 4.01. The van der Waals surface area contributed by atoms with Crippen LogP contribution in [0, 0.1) is 0 Å². The van der Waals surface area contributed by atoms with E-state index in [1.807, 2.05) is 17.0 Å². The number of hydrogen-bond acceptors (Lipinski definition) is 5. The van der Waals surface area contributed by atoms with Gasteiger partial charge < -0.3 is 15.0 Å². The molecule has 0 amide bonds. The molecule has 1 aromatic rings. The van der Waals surface area contributed by atoms with Gasteiger partial charge in [0.25, 0.3) is 0 Å². The topological polar surface area (TPSA) is 83.9 Å². The van der Waals surface area contributed by atoms with Crippen LogP contribution in [0.1, 0.15) is 32.8 Å². The summed E-state index contributed by atoms with van der Waals surface area (Å²) in [6.07, 6.45) is 2.72. The lowest BCUT2D eigenvalue weighted by Crippen LogP contribution is -2.57. The van der Waals surface area contributed by atoms with E-state index in [9.17, 15) is 8.42 Å². The predicted molar refractivity (Wildman–Crippen MR) is 115 cm³/mol. The molecule has 0 unspecified atom stereocenters. The van der Waals surface area contributed by atoms with Crippen LogP contribution >= 0.6 is 24.0 Å². The van der Waals surface area contributed by atoms with Crippen molar-refractivity contribution in [2.75, 3.05) is 32.5 Å². The summed E-state index contributed by atoms with van der Waals surface area (Å²) < 4.78 is 29.0. The average Bonchev–Trinajstić information content (AvgIpc) is 2.57. The molecule has 0 spiro atoms. The fourth-order valence-electron chi connectivity index (χ4n) is 2.65. The number of aliphatic imine (C=N–C) groups is 1. The van der Waals surface area contributed by atoms with E-state index in [4.69, 9.17) is 4.74 Å². The van der Waals surface area contributed by atoms with E-state index in [0.29, 0.717) is 38.1 Å². The molecule has 0 aliphatic carbocycles. The molecule has 0 saturated carbocycles. The van der Waals surface area contributed by atoms with E-state index in [1.165, 1.54) is 0 Å². The maximum absolute atomic E-state index is 12.1. The Labute approximate surface area is 173 Å². The van der Waals surface area contributed by atoms with E-state index in [0.717, 1.165) is 12.0 Å². The Kier molecular flexibility index (Phi) is 8.58. The summed E-state index contributed by atoms with van der Waals surface area (Å²) in [5, 5.41) is 3.28. The lowest BCUT2D eigenvalue weighted by Gasteiger charge is -2.39. The number of rotatable bonds is 5. The van der Waals surface area contributed by atoms with E-state index < -0.39 is 14.6 Å². The van der Waals surface area contributed by atoms with Gasteiger partial charge in [-0.1, -0.05) is 13.0 Å². The van der Waals surface area contributed by atoms with Crippen molar-refractivity contribution in [2.24, 2.45) is 4.99 Å². The average molecular weight is 496 g/mol. The summed E-state index contributed by atoms with van der Waals surface area (Å²) in [6.45, 7) is 7.69. The van der Waals surface area contributed by atoms with Crippen LogP contribution in [-0.2, 0) is 16.4 Å². The molecule has 2 rings (SSSR count). The third kappa shape index (κ3) is 5.70. The molecule has 1 aliphatic rings. The molecule has 0 aromatic carbocycles. The summed E-state index contributed by atoms with van der Waals surface area (Å²) in [6, 6.07) is 3.81. The lowest BCUT2D eigenvalue weighted by atomic mass is 10.2. The summed E-state index contributed by atoms with van der Waals surface area (Å²) in [4.78, 5) is 10.6. The molecule has 0 atom stereocenters. The molecule has 1 fully saturated rings. The molecule has 9 heteroatoms. The highest BCUT2D eigenvalue weighted by Crippen LogP contribution is 2.23. The van der Waals surface area contributed by atoms with Gasteiger partial charge >= 0.3 is 0 Å². The standard InChI is InChI=1S/C17H28N4O3S.HI/c1-5-9-24-15-7-6-14(11-19-15)12-20-16(18-4)21-8-10-25(22,23)17(2,3)13-21;/h6-7,11H,5,8-10,12-13H2,1-4H3,(H,18,20);1H. The Morgan fingerprint density at radius 1 is 1.42 bits per heavy atom. The first-order valence-corrected chi connectivity index (χ1v) is 10.2. The maximum atomic E-state index is 12.1. The molecule has 0 bridgehead atoms. The lowest BCUT2D eigenvalue weighted by molar-refractivity contribution is 0.305. The molecule has 1 N–H and O–H groups in total. The monoisotopic (exact) mass is 496 g/mol. The number of ether oxygens (including phenoxy) is 1. The molecular weight excluding hydrogens is 467 g/mol. The number of sulfone groups is 1. The SMILES string of the molecule is CCCOc1ccc(CNC(=NC)N2CCS(=O)(=O)C(C)(C)C2)cn1.I. The highest BCUT2D eigenvalue weighted by atomic mass is 127. The molecular formula is C17H29IN4O3S. The minimum absolute atomic E-state index is 0. The highest BCUT2D eigenvalue weighted by molar-refractivity contribution is 14.0. The first-order chi connectivity index (χ1) is 11.8. The maximum Gasteiger partial charge on any atom is 0.213 e. The minimum Gasteiger partial charge on any atom is -0.478 e. The van der Waals surface area contributed by atoms with Crippen LogP contribution in [0.4, 0.5) is 0 Å². The molecule has 1 saturated heterocycles. The zero-order valence-electron chi connectivity index (χ0n) is 15.9. The normalized spacial score (nSPS) is 18.8. The van der Waals surface area contributed by atoms with Crippen LogP contribution in [-0.4, -0.2) is 61.5 Å². The zero-order valence-corrected chi connectivity index (χ0v) is 19.0. The Balaban J connectivity index is 0.00000338. The molecule has 2 heterocycles. The van der Waals surface area contributed by atoms with Crippen LogP contribution < -0.4 is 10.1 Å². The molecule has 0 radical (unpaired) electrons. The van der Waals surface area contributed by atoms with Crippen molar-refractivity contribution < 1.29 is 13.2 Å². The minimum atomic E-state index is -3.06. The van der Waals surface area contributed by atoms with Crippen LogP contribution in [0.25, 0.3) is 0 Å². The Hall–Kier alpha value is -1.10. The fraction of sp³-hybridized carbons (Fsp3) is 0.647. The largest absolute Gasteiger partial charge is 0.478 e. The van der Waals surface area contributed by atoms with Crippen molar-refractivity contribution in [3.8, 4) is 5.88 Å². The van der Waals surface area contributed by atoms with E-state index in [2.05, 4.69) is 22.2 Å². The second kappa shape index (κ2) is 9.72. The van der Waals surface area contributed by atoms with Gasteiger partial charge in [0.1, 0.15) is 0 Å². The van der Waals surface area contributed by atoms with Crippen LogP contribution in [0.5, 0.6) is 5.88 Å².